The number of benzene rings is 3. The summed E-state index contributed by atoms with van der Waals surface area (Å²) in [5.41, 5.74) is 2.78. The van der Waals surface area contributed by atoms with Gasteiger partial charge in [0.05, 0.1) is 35.6 Å². The van der Waals surface area contributed by atoms with Crippen LogP contribution in [0.3, 0.4) is 0 Å². The first-order valence-corrected chi connectivity index (χ1v) is 15.0. The molecular formula is C34H34N2O6S. The first kappa shape index (κ1) is 29.8. The van der Waals surface area contributed by atoms with Gasteiger partial charge in [-0.3, -0.25) is 9.36 Å². The van der Waals surface area contributed by atoms with E-state index in [0.717, 1.165) is 36.1 Å². The minimum absolute atomic E-state index is 0.00758. The highest BCUT2D eigenvalue weighted by Gasteiger charge is 2.33. The lowest BCUT2D eigenvalue weighted by Crippen LogP contribution is -2.39. The molecule has 1 atom stereocenters. The molecule has 2 heterocycles. The predicted molar refractivity (Wildman–Crippen MR) is 166 cm³/mol. The summed E-state index contributed by atoms with van der Waals surface area (Å²) in [6.45, 7) is 4.63. The van der Waals surface area contributed by atoms with Crippen LogP contribution in [0.25, 0.3) is 6.08 Å². The van der Waals surface area contributed by atoms with E-state index < -0.39 is 12.0 Å². The van der Waals surface area contributed by atoms with E-state index in [1.54, 1.807) is 29.7 Å². The van der Waals surface area contributed by atoms with Crippen LogP contribution in [0.1, 0.15) is 55.8 Å². The molecule has 0 spiro atoms. The van der Waals surface area contributed by atoms with Crippen molar-refractivity contribution in [1.82, 2.24) is 4.57 Å². The van der Waals surface area contributed by atoms with E-state index in [1.807, 2.05) is 54.6 Å². The molecule has 1 aromatic heterocycles. The van der Waals surface area contributed by atoms with Crippen LogP contribution in [0.4, 0.5) is 0 Å². The maximum absolute atomic E-state index is 13.9. The molecule has 1 unspecified atom stereocenters. The summed E-state index contributed by atoms with van der Waals surface area (Å²) < 4.78 is 18.9. The molecule has 0 bridgehead atoms. The average Bonchev–Trinajstić information content (AvgIpc) is 3.32. The molecule has 4 aromatic rings. The van der Waals surface area contributed by atoms with Crippen LogP contribution >= 0.6 is 11.3 Å². The average molecular weight is 599 g/mol. The summed E-state index contributed by atoms with van der Waals surface area (Å²) in [6, 6.07) is 21.1. The van der Waals surface area contributed by atoms with Gasteiger partial charge >= 0.3 is 5.97 Å². The molecule has 0 fully saturated rings. The van der Waals surface area contributed by atoms with E-state index in [0.29, 0.717) is 38.5 Å². The summed E-state index contributed by atoms with van der Waals surface area (Å²) in [7, 11) is 1.47. The Labute approximate surface area is 253 Å². The van der Waals surface area contributed by atoms with Gasteiger partial charge in [0.25, 0.3) is 5.56 Å². The minimum atomic E-state index is -0.745. The van der Waals surface area contributed by atoms with E-state index in [-0.39, 0.29) is 17.9 Å². The first-order chi connectivity index (χ1) is 20.9. The van der Waals surface area contributed by atoms with Crippen molar-refractivity contribution >= 4 is 23.4 Å². The number of ether oxygens (including phenoxy) is 3. The van der Waals surface area contributed by atoms with Crippen LogP contribution in [0, 0.1) is 0 Å². The summed E-state index contributed by atoms with van der Waals surface area (Å²) in [5, 5.41) is 9.99. The molecule has 0 saturated carbocycles. The second kappa shape index (κ2) is 13.6. The number of phenols is 1. The second-order valence-corrected chi connectivity index (χ2v) is 11.2. The topological polar surface area (TPSA) is 99.4 Å². The van der Waals surface area contributed by atoms with Gasteiger partial charge in [0.15, 0.2) is 16.3 Å². The van der Waals surface area contributed by atoms with Crippen molar-refractivity contribution in [2.45, 2.75) is 45.8 Å². The number of aromatic nitrogens is 1. The number of hydrogen-bond acceptors (Lipinski definition) is 8. The Hall–Kier alpha value is -4.63. The lowest BCUT2D eigenvalue weighted by molar-refractivity contribution is -0.140. The summed E-state index contributed by atoms with van der Waals surface area (Å²) in [5.74, 6) is 0.499. The number of hydrogen-bond donors (Lipinski definition) is 1. The SMILES string of the molecule is CCCCCOc1ccc(C2C(C(=O)OCc3ccccc3)=C(C)N=c3sc(=Cc4ccc(O)c(OC)c4)c(=O)n32)cc1. The normalized spacial score (nSPS) is 14.7. The lowest BCUT2D eigenvalue weighted by atomic mass is 9.96. The Balaban J connectivity index is 1.55. The summed E-state index contributed by atoms with van der Waals surface area (Å²) in [4.78, 5) is 32.7. The molecule has 3 aromatic carbocycles. The fraction of sp³-hybridized carbons (Fsp3) is 0.265. The second-order valence-electron chi connectivity index (χ2n) is 10.2. The highest BCUT2D eigenvalue weighted by molar-refractivity contribution is 7.07. The number of thiazole rings is 1. The van der Waals surface area contributed by atoms with Gasteiger partial charge in [-0.2, -0.15) is 0 Å². The highest BCUT2D eigenvalue weighted by Crippen LogP contribution is 2.32. The Bertz CT molecular complexity index is 1810. The number of rotatable bonds is 11. The zero-order valence-corrected chi connectivity index (χ0v) is 25.2. The number of fused-ring (bicyclic) bond motifs is 1. The van der Waals surface area contributed by atoms with Crippen molar-refractivity contribution in [3.05, 3.63) is 120 Å². The van der Waals surface area contributed by atoms with Crippen molar-refractivity contribution in [2.75, 3.05) is 13.7 Å². The van der Waals surface area contributed by atoms with Crippen LogP contribution in [-0.2, 0) is 16.1 Å². The molecule has 0 radical (unpaired) electrons. The van der Waals surface area contributed by atoms with E-state index in [1.165, 1.54) is 24.5 Å². The Morgan fingerprint density at radius 1 is 1.07 bits per heavy atom. The molecule has 1 aliphatic heterocycles. The van der Waals surface area contributed by atoms with Gasteiger partial charge in [-0.15, -0.1) is 0 Å². The fourth-order valence-corrected chi connectivity index (χ4v) is 5.97. The van der Waals surface area contributed by atoms with Crippen LogP contribution in [-0.4, -0.2) is 29.4 Å². The molecule has 222 valence electrons. The van der Waals surface area contributed by atoms with Gasteiger partial charge < -0.3 is 19.3 Å². The Kier molecular flexibility index (Phi) is 9.41. The third-order valence-electron chi connectivity index (χ3n) is 7.17. The summed E-state index contributed by atoms with van der Waals surface area (Å²) >= 11 is 1.23. The maximum Gasteiger partial charge on any atom is 0.338 e. The van der Waals surface area contributed by atoms with Gasteiger partial charge in [0.2, 0.25) is 0 Å². The molecular weight excluding hydrogens is 564 g/mol. The summed E-state index contributed by atoms with van der Waals surface area (Å²) in [6.07, 6.45) is 4.91. The van der Waals surface area contributed by atoms with Crippen molar-refractivity contribution < 1.29 is 24.1 Å². The fourth-order valence-electron chi connectivity index (χ4n) is 4.92. The minimum Gasteiger partial charge on any atom is -0.504 e. The number of phenolic OH excluding ortho intramolecular Hbond substituents is 1. The van der Waals surface area contributed by atoms with Crippen LogP contribution in [0.5, 0.6) is 17.2 Å². The molecule has 8 nitrogen and oxygen atoms in total. The zero-order chi connectivity index (χ0) is 30.3. The first-order valence-electron chi connectivity index (χ1n) is 14.2. The number of unbranched alkanes of at least 4 members (excludes halogenated alkanes) is 2. The molecule has 0 aliphatic carbocycles. The quantitative estimate of drug-likeness (QED) is 0.187. The largest absolute Gasteiger partial charge is 0.504 e. The standard InChI is InChI=1S/C34H34N2O6S/c1-4-5-9-18-41-26-15-13-25(14-16-26)31-30(33(39)42-21-23-10-7-6-8-11-23)22(2)35-34-36(31)32(38)29(43-34)20-24-12-17-27(37)28(19-24)40-3/h6-8,10-17,19-20,31,37H,4-5,9,18,21H2,1-3H3. The van der Waals surface area contributed by atoms with Crippen molar-refractivity contribution in [1.29, 1.82) is 0 Å². The number of esters is 1. The smallest absolute Gasteiger partial charge is 0.338 e. The van der Waals surface area contributed by atoms with Crippen LogP contribution in [0.15, 0.2) is 93.9 Å². The van der Waals surface area contributed by atoms with Gasteiger partial charge in [-0.1, -0.05) is 79.6 Å². The number of aromatic hydroxyl groups is 1. The number of allylic oxidation sites excluding steroid dienone is 1. The van der Waals surface area contributed by atoms with E-state index >= 15 is 0 Å². The number of carbonyl (C=O) groups excluding carboxylic acids is 1. The Morgan fingerprint density at radius 3 is 2.56 bits per heavy atom. The molecule has 0 saturated heterocycles. The Morgan fingerprint density at radius 2 is 1.84 bits per heavy atom. The van der Waals surface area contributed by atoms with Crippen molar-refractivity contribution in [3.8, 4) is 17.2 Å². The van der Waals surface area contributed by atoms with Crippen molar-refractivity contribution in [3.63, 3.8) is 0 Å². The molecule has 0 amide bonds. The zero-order valence-electron chi connectivity index (χ0n) is 24.4. The van der Waals surface area contributed by atoms with Gasteiger partial charge in [0, 0.05) is 0 Å². The van der Waals surface area contributed by atoms with Gasteiger partial charge in [-0.05, 0) is 60.4 Å². The van der Waals surface area contributed by atoms with E-state index in [4.69, 9.17) is 14.2 Å². The number of nitrogens with zero attached hydrogens (tertiary/aromatic N) is 2. The van der Waals surface area contributed by atoms with Crippen LogP contribution < -0.4 is 24.4 Å². The van der Waals surface area contributed by atoms with E-state index in [9.17, 15) is 14.7 Å². The van der Waals surface area contributed by atoms with Crippen molar-refractivity contribution in [2.24, 2.45) is 4.99 Å². The third-order valence-corrected chi connectivity index (χ3v) is 8.15. The van der Waals surface area contributed by atoms with Crippen LogP contribution in [0.2, 0.25) is 0 Å². The molecule has 1 aliphatic rings. The monoisotopic (exact) mass is 598 g/mol. The lowest BCUT2D eigenvalue weighted by Gasteiger charge is -2.25. The maximum atomic E-state index is 13.9. The number of carbonyl (C=O) groups is 1. The molecule has 43 heavy (non-hydrogen) atoms. The molecule has 9 heteroatoms. The third kappa shape index (κ3) is 6.73. The highest BCUT2D eigenvalue weighted by atomic mass is 32.1. The predicted octanol–water partition coefficient (Wildman–Crippen LogP) is 5.26. The van der Waals surface area contributed by atoms with Gasteiger partial charge in [-0.25, -0.2) is 9.79 Å². The number of methoxy groups -OCH3 is 1. The van der Waals surface area contributed by atoms with Gasteiger partial charge in [0.1, 0.15) is 12.4 Å². The van der Waals surface area contributed by atoms with E-state index in [2.05, 4.69) is 11.9 Å². The molecule has 5 rings (SSSR count). The molecule has 1 N–H and O–H groups in total.